The fourth-order valence-corrected chi connectivity index (χ4v) is 2.18. The zero-order chi connectivity index (χ0) is 14.9. The normalized spacial score (nSPS) is 9.90. The zero-order valence-corrected chi connectivity index (χ0v) is 11.9. The lowest BCUT2D eigenvalue weighted by atomic mass is 9.97. The molecule has 0 fully saturated rings. The smallest absolute Gasteiger partial charge is 0.195 e. The summed E-state index contributed by atoms with van der Waals surface area (Å²) in [6.45, 7) is 8.68. The predicted molar refractivity (Wildman–Crippen MR) is 75.2 cm³/mol. The van der Waals surface area contributed by atoms with Crippen LogP contribution in [-0.2, 0) is 0 Å². The van der Waals surface area contributed by atoms with Crippen molar-refractivity contribution < 1.29 is 8.78 Å². The molecule has 0 spiro atoms. The third kappa shape index (κ3) is 2.41. The Balaban J connectivity index is 2.82. The first kappa shape index (κ1) is 14.2. The van der Waals surface area contributed by atoms with E-state index in [1.54, 1.807) is 6.92 Å². The van der Waals surface area contributed by atoms with Crippen molar-refractivity contribution in [2.75, 3.05) is 0 Å². The third-order valence-corrected chi connectivity index (χ3v) is 3.48. The van der Waals surface area contributed by atoms with Crippen molar-refractivity contribution in [2.24, 2.45) is 0 Å². The highest BCUT2D eigenvalue weighted by atomic mass is 79.9. The highest BCUT2D eigenvalue weighted by molar-refractivity contribution is 9.10. The van der Waals surface area contributed by atoms with Gasteiger partial charge in [-0.15, -0.1) is 0 Å². The molecular weight excluding hydrogens is 326 g/mol. The molecule has 5 heteroatoms. The van der Waals surface area contributed by atoms with Crippen LogP contribution in [0.4, 0.5) is 14.5 Å². The quantitative estimate of drug-likeness (QED) is 0.665. The van der Waals surface area contributed by atoms with Crippen LogP contribution in [0.3, 0.4) is 0 Å². The molecule has 0 saturated heterocycles. The molecule has 0 atom stereocenters. The van der Waals surface area contributed by atoms with Crippen LogP contribution in [0.25, 0.3) is 16.0 Å². The van der Waals surface area contributed by atoms with E-state index in [2.05, 4.69) is 20.8 Å². The second-order valence-electron chi connectivity index (χ2n) is 4.15. The van der Waals surface area contributed by atoms with E-state index in [-0.39, 0.29) is 26.9 Å². The number of hydrogen-bond donors (Lipinski definition) is 0. The van der Waals surface area contributed by atoms with Gasteiger partial charge >= 0.3 is 0 Å². The summed E-state index contributed by atoms with van der Waals surface area (Å²) in [6.07, 6.45) is 0. The highest BCUT2D eigenvalue weighted by Crippen LogP contribution is 2.36. The van der Waals surface area contributed by atoms with Crippen molar-refractivity contribution in [3.8, 4) is 17.2 Å². The van der Waals surface area contributed by atoms with Gasteiger partial charge in [0.05, 0.1) is 22.7 Å². The standard InChI is InChI=1S/C15H7BrF2N2/c1-8-3-15(20-2)11(6-13(8)17)10-5-14(18)12(16)4-9(10)7-19/h3-6H,1H3. The van der Waals surface area contributed by atoms with Crippen LogP contribution in [0, 0.1) is 36.5 Å². The van der Waals surface area contributed by atoms with Crippen molar-refractivity contribution in [1.29, 1.82) is 5.26 Å². The van der Waals surface area contributed by atoms with Crippen molar-refractivity contribution in [1.82, 2.24) is 0 Å². The minimum absolute atomic E-state index is 0.148. The second-order valence-corrected chi connectivity index (χ2v) is 5.01. The average molecular weight is 333 g/mol. The van der Waals surface area contributed by atoms with Crippen LogP contribution in [0.15, 0.2) is 28.7 Å². The number of halogens is 3. The van der Waals surface area contributed by atoms with Gasteiger partial charge in [0.15, 0.2) is 5.69 Å². The Labute approximate surface area is 123 Å². The molecule has 0 aliphatic carbocycles. The molecule has 0 saturated carbocycles. The highest BCUT2D eigenvalue weighted by Gasteiger charge is 2.15. The minimum Gasteiger partial charge on any atom is -0.238 e. The van der Waals surface area contributed by atoms with Crippen LogP contribution >= 0.6 is 15.9 Å². The molecule has 2 rings (SSSR count). The van der Waals surface area contributed by atoms with Gasteiger partial charge in [0.1, 0.15) is 11.6 Å². The Morgan fingerprint density at radius 3 is 2.40 bits per heavy atom. The average Bonchev–Trinajstić information content (AvgIpc) is 2.43. The van der Waals surface area contributed by atoms with Crippen LogP contribution in [0.1, 0.15) is 11.1 Å². The Bertz CT molecular complexity index is 718. The van der Waals surface area contributed by atoms with E-state index in [0.29, 0.717) is 5.56 Å². The van der Waals surface area contributed by atoms with E-state index in [0.717, 1.165) is 12.1 Å². The van der Waals surface area contributed by atoms with Gasteiger partial charge in [-0.3, -0.25) is 0 Å². The van der Waals surface area contributed by atoms with Gasteiger partial charge in [-0.25, -0.2) is 13.6 Å². The van der Waals surface area contributed by atoms with Gasteiger partial charge in [-0.2, -0.15) is 5.26 Å². The van der Waals surface area contributed by atoms with Crippen molar-refractivity contribution in [3.63, 3.8) is 0 Å². The van der Waals surface area contributed by atoms with Crippen molar-refractivity contribution in [3.05, 3.63) is 62.9 Å². The monoisotopic (exact) mass is 332 g/mol. The van der Waals surface area contributed by atoms with E-state index >= 15 is 0 Å². The van der Waals surface area contributed by atoms with Crippen LogP contribution in [0.5, 0.6) is 0 Å². The maximum atomic E-state index is 13.7. The summed E-state index contributed by atoms with van der Waals surface area (Å²) in [4.78, 5) is 3.32. The van der Waals surface area contributed by atoms with Crippen molar-refractivity contribution in [2.45, 2.75) is 6.92 Å². The van der Waals surface area contributed by atoms with E-state index in [1.165, 1.54) is 12.1 Å². The molecule has 2 aromatic carbocycles. The van der Waals surface area contributed by atoms with E-state index in [1.807, 2.05) is 6.07 Å². The SMILES string of the molecule is [C-]#[N+]c1cc(C)c(F)cc1-c1cc(F)c(Br)cc1C#N. The molecule has 0 heterocycles. The number of hydrogen-bond acceptors (Lipinski definition) is 1. The first-order chi connectivity index (χ1) is 9.47. The molecule has 0 aliphatic rings. The molecule has 0 unspecified atom stereocenters. The molecule has 0 amide bonds. The topological polar surface area (TPSA) is 28.1 Å². The Morgan fingerprint density at radius 2 is 1.80 bits per heavy atom. The van der Waals surface area contributed by atoms with E-state index in [9.17, 15) is 8.78 Å². The van der Waals surface area contributed by atoms with Crippen LogP contribution in [-0.4, -0.2) is 0 Å². The Hall–Kier alpha value is -2.24. The lowest BCUT2D eigenvalue weighted by Crippen LogP contribution is -1.91. The summed E-state index contributed by atoms with van der Waals surface area (Å²) in [5.41, 5.74) is 1.11. The maximum Gasteiger partial charge on any atom is 0.195 e. The van der Waals surface area contributed by atoms with Crippen LogP contribution < -0.4 is 0 Å². The molecule has 0 N–H and O–H groups in total. The van der Waals surface area contributed by atoms with Gasteiger partial charge in [-0.1, -0.05) is 6.07 Å². The lowest BCUT2D eigenvalue weighted by Gasteiger charge is -2.10. The zero-order valence-electron chi connectivity index (χ0n) is 10.3. The minimum atomic E-state index is -0.573. The molecule has 2 nitrogen and oxygen atoms in total. The molecule has 98 valence electrons. The molecule has 2 aromatic rings. The first-order valence-electron chi connectivity index (χ1n) is 5.55. The first-order valence-corrected chi connectivity index (χ1v) is 6.34. The summed E-state index contributed by atoms with van der Waals surface area (Å²) >= 11 is 2.99. The second kappa shape index (κ2) is 5.40. The fourth-order valence-electron chi connectivity index (χ4n) is 1.84. The maximum absolute atomic E-state index is 13.7. The third-order valence-electron chi connectivity index (χ3n) is 2.87. The molecular formula is C15H7BrF2N2. The van der Waals surface area contributed by atoms with Gasteiger partial charge in [0.2, 0.25) is 0 Å². The van der Waals surface area contributed by atoms with Crippen LogP contribution in [0.2, 0.25) is 0 Å². The van der Waals surface area contributed by atoms with Gasteiger partial charge in [0, 0.05) is 0 Å². The molecule has 0 bridgehead atoms. The Morgan fingerprint density at radius 1 is 1.15 bits per heavy atom. The molecule has 0 aromatic heterocycles. The molecule has 0 aliphatic heterocycles. The number of aryl methyl sites for hydroxylation is 1. The summed E-state index contributed by atoms with van der Waals surface area (Å²) in [6, 6.07) is 6.91. The molecule has 20 heavy (non-hydrogen) atoms. The summed E-state index contributed by atoms with van der Waals surface area (Å²) in [7, 11) is 0. The van der Waals surface area contributed by atoms with Gasteiger partial charge in [-0.05, 0) is 57.7 Å². The van der Waals surface area contributed by atoms with E-state index < -0.39 is 11.6 Å². The number of benzene rings is 2. The number of nitriles is 1. The number of rotatable bonds is 1. The lowest BCUT2D eigenvalue weighted by molar-refractivity contribution is 0.618. The van der Waals surface area contributed by atoms with Crippen molar-refractivity contribution >= 4 is 21.6 Å². The van der Waals surface area contributed by atoms with Gasteiger partial charge < -0.3 is 0 Å². The van der Waals surface area contributed by atoms with Gasteiger partial charge in [0.25, 0.3) is 0 Å². The van der Waals surface area contributed by atoms with E-state index in [4.69, 9.17) is 11.8 Å². The number of nitrogens with zero attached hydrogens (tertiary/aromatic N) is 2. The molecule has 0 radical (unpaired) electrons. The Kier molecular flexibility index (Phi) is 3.83. The summed E-state index contributed by atoms with van der Waals surface area (Å²) < 4.78 is 27.5. The summed E-state index contributed by atoms with van der Waals surface area (Å²) in [5, 5.41) is 9.12. The summed E-state index contributed by atoms with van der Waals surface area (Å²) in [5.74, 6) is -1.07. The largest absolute Gasteiger partial charge is 0.238 e. The predicted octanol–water partition coefficient (Wildman–Crippen LogP) is 5.13. The fraction of sp³-hybridized carbons (Fsp3) is 0.0667.